The van der Waals surface area contributed by atoms with Gasteiger partial charge in [-0.2, -0.15) is 10.1 Å². The molecule has 0 saturated carbocycles. The molecule has 0 atom stereocenters. The number of hydrogen-bond donors (Lipinski definition) is 0. The summed E-state index contributed by atoms with van der Waals surface area (Å²) in [5.74, 6) is 0.803. The SMILES string of the molecule is COc1ccc(-c2csc(N3N=C(C)CCC3=O)n2)cc1. The van der Waals surface area contributed by atoms with E-state index >= 15 is 0 Å². The normalized spacial score (nSPS) is 15.0. The molecule has 1 aliphatic rings. The van der Waals surface area contributed by atoms with Gasteiger partial charge < -0.3 is 4.74 Å². The molecule has 1 amide bonds. The number of hydrogen-bond acceptors (Lipinski definition) is 5. The molecule has 0 radical (unpaired) electrons. The molecule has 0 fully saturated rings. The minimum Gasteiger partial charge on any atom is -0.497 e. The standard InChI is InChI=1S/C15H15N3O2S/c1-10-3-8-14(19)18(17-10)15-16-13(9-21-15)11-4-6-12(20-2)7-5-11/h4-7,9H,3,8H2,1-2H3. The first-order valence-electron chi connectivity index (χ1n) is 6.64. The van der Waals surface area contributed by atoms with Crippen LogP contribution in [-0.2, 0) is 4.79 Å². The van der Waals surface area contributed by atoms with Crippen LogP contribution in [0.4, 0.5) is 5.13 Å². The van der Waals surface area contributed by atoms with Crippen molar-refractivity contribution in [3.8, 4) is 17.0 Å². The van der Waals surface area contributed by atoms with Gasteiger partial charge in [-0.25, -0.2) is 4.98 Å². The van der Waals surface area contributed by atoms with E-state index in [0.717, 1.165) is 29.1 Å². The van der Waals surface area contributed by atoms with E-state index in [1.54, 1.807) is 7.11 Å². The van der Waals surface area contributed by atoms with E-state index in [0.29, 0.717) is 11.6 Å². The van der Waals surface area contributed by atoms with Gasteiger partial charge in [0.2, 0.25) is 11.0 Å². The number of hydrazone groups is 1. The van der Waals surface area contributed by atoms with Gasteiger partial charge in [-0.3, -0.25) is 4.79 Å². The molecule has 0 N–H and O–H groups in total. The summed E-state index contributed by atoms with van der Waals surface area (Å²) in [6.45, 7) is 1.93. The Kier molecular flexibility index (Phi) is 3.70. The molecule has 1 aliphatic heterocycles. The minimum absolute atomic E-state index is 0.00349. The highest BCUT2D eigenvalue weighted by Gasteiger charge is 2.22. The number of benzene rings is 1. The van der Waals surface area contributed by atoms with Crippen molar-refractivity contribution in [3.05, 3.63) is 29.6 Å². The molecule has 0 spiro atoms. The second-order valence-electron chi connectivity index (χ2n) is 4.78. The van der Waals surface area contributed by atoms with Crippen LogP contribution in [0.2, 0.25) is 0 Å². The maximum absolute atomic E-state index is 11.9. The summed E-state index contributed by atoms with van der Waals surface area (Å²) in [6, 6.07) is 7.68. The second-order valence-corrected chi connectivity index (χ2v) is 5.62. The third kappa shape index (κ3) is 2.80. The molecule has 0 bridgehead atoms. The van der Waals surface area contributed by atoms with E-state index in [9.17, 15) is 4.79 Å². The lowest BCUT2D eigenvalue weighted by Crippen LogP contribution is -2.30. The Hall–Kier alpha value is -2.21. The smallest absolute Gasteiger partial charge is 0.249 e. The maximum atomic E-state index is 11.9. The van der Waals surface area contributed by atoms with E-state index in [4.69, 9.17) is 4.74 Å². The number of carbonyl (C=O) groups excluding carboxylic acids is 1. The van der Waals surface area contributed by atoms with Gasteiger partial charge in [-0.05, 0) is 37.6 Å². The second kappa shape index (κ2) is 5.65. The van der Waals surface area contributed by atoms with Crippen molar-refractivity contribution in [1.82, 2.24) is 4.98 Å². The molecule has 5 nitrogen and oxygen atoms in total. The molecule has 2 aromatic rings. The summed E-state index contributed by atoms with van der Waals surface area (Å²) in [4.78, 5) is 16.5. The quantitative estimate of drug-likeness (QED) is 0.874. The van der Waals surface area contributed by atoms with Crippen molar-refractivity contribution in [2.45, 2.75) is 19.8 Å². The average molecular weight is 301 g/mol. The average Bonchev–Trinajstić information content (AvgIpc) is 2.99. The van der Waals surface area contributed by atoms with Gasteiger partial charge in [0.15, 0.2) is 0 Å². The van der Waals surface area contributed by atoms with Gasteiger partial charge in [0.1, 0.15) is 5.75 Å². The Morgan fingerprint density at radius 1 is 1.24 bits per heavy atom. The van der Waals surface area contributed by atoms with Crippen molar-refractivity contribution in [2.24, 2.45) is 5.10 Å². The molecule has 1 aromatic heterocycles. The lowest BCUT2D eigenvalue weighted by Gasteiger charge is -2.19. The van der Waals surface area contributed by atoms with Crippen LogP contribution in [0.25, 0.3) is 11.3 Å². The van der Waals surface area contributed by atoms with Gasteiger partial charge in [0, 0.05) is 23.1 Å². The monoisotopic (exact) mass is 301 g/mol. The predicted octanol–water partition coefficient (Wildman–Crippen LogP) is 3.32. The fraction of sp³-hybridized carbons (Fsp3) is 0.267. The summed E-state index contributed by atoms with van der Waals surface area (Å²) < 4.78 is 5.14. The van der Waals surface area contributed by atoms with E-state index in [2.05, 4.69) is 10.1 Å². The fourth-order valence-corrected chi connectivity index (χ4v) is 2.87. The zero-order chi connectivity index (χ0) is 14.8. The maximum Gasteiger partial charge on any atom is 0.249 e. The van der Waals surface area contributed by atoms with Crippen LogP contribution in [-0.4, -0.2) is 23.7 Å². The molecule has 0 unspecified atom stereocenters. The Morgan fingerprint density at radius 2 is 2.00 bits per heavy atom. The predicted molar refractivity (Wildman–Crippen MR) is 83.9 cm³/mol. The van der Waals surface area contributed by atoms with Crippen LogP contribution in [0.5, 0.6) is 5.75 Å². The van der Waals surface area contributed by atoms with Crippen LogP contribution < -0.4 is 9.75 Å². The van der Waals surface area contributed by atoms with E-state index in [-0.39, 0.29) is 5.91 Å². The molecule has 3 rings (SSSR count). The number of anilines is 1. The molecule has 21 heavy (non-hydrogen) atoms. The Morgan fingerprint density at radius 3 is 2.71 bits per heavy atom. The first-order chi connectivity index (χ1) is 10.2. The summed E-state index contributed by atoms with van der Waals surface area (Å²) in [5.41, 5.74) is 2.78. The Labute approximate surface area is 126 Å². The van der Waals surface area contributed by atoms with Gasteiger partial charge >= 0.3 is 0 Å². The summed E-state index contributed by atoms with van der Waals surface area (Å²) >= 11 is 1.42. The van der Waals surface area contributed by atoms with Crippen molar-refractivity contribution < 1.29 is 9.53 Å². The van der Waals surface area contributed by atoms with E-state index in [1.165, 1.54) is 16.3 Å². The number of ether oxygens (including phenoxy) is 1. The lowest BCUT2D eigenvalue weighted by molar-refractivity contribution is -0.118. The fourth-order valence-electron chi connectivity index (χ4n) is 2.08. The van der Waals surface area contributed by atoms with Gasteiger partial charge in [-0.1, -0.05) is 0 Å². The number of methoxy groups -OCH3 is 1. The number of nitrogens with zero attached hydrogens (tertiary/aromatic N) is 3. The minimum atomic E-state index is -0.00349. The van der Waals surface area contributed by atoms with Crippen LogP contribution in [0, 0.1) is 0 Å². The number of amides is 1. The molecule has 1 aromatic carbocycles. The van der Waals surface area contributed by atoms with Crippen LogP contribution in [0.15, 0.2) is 34.7 Å². The van der Waals surface area contributed by atoms with Crippen molar-refractivity contribution in [2.75, 3.05) is 12.1 Å². The Bertz CT molecular complexity index is 691. The number of aromatic nitrogens is 1. The van der Waals surface area contributed by atoms with Crippen LogP contribution in [0.1, 0.15) is 19.8 Å². The highest BCUT2D eigenvalue weighted by Crippen LogP contribution is 2.30. The van der Waals surface area contributed by atoms with Crippen LogP contribution in [0.3, 0.4) is 0 Å². The first-order valence-corrected chi connectivity index (χ1v) is 7.52. The van der Waals surface area contributed by atoms with Gasteiger partial charge in [-0.15, -0.1) is 11.3 Å². The molecule has 6 heteroatoms. The molecule has 0 saturated heterocycles. The Balaban J connectivity index is 1.88. The van der Waals surface area contributed by atoms with Crippen molar-refractivity contribution >= 4 is 28.1 Å². The summed E-state index contributed by atoms with van der Waals surface area (Å²) in [5, 5.41) is 8.26. The number of carbonyl (C=O) groups is 1. The summed E-state index contributed by atoms with van der Waals surface area (Å²) in [6.07, 6.45) is 1.22. The van der Waals surface area contributed by atoms with Crippen LogP contribution >= 0.6 is 11.3 Å². The largest absolute Gasteiger partial charge is 0.497 e. The number of rotatable bonds is 3. The van der Waals surface area contributed by atoms with E-state index < -0.39 is 0 Å². The number of thiazole rings is 1. The molecular weight excluding hydrogens is 286 g/mol. The van der Waals surface area contributed by atoms with Crippen molar-refractivity contribution in [1.29, 1.82) is 0 Å². The molecular formula is C15H15N3O2S. The third-order valence-corrected chi connectivity index (χ3v) is 4.08. The zero-order valence-electron chi connectivity index (χ0n) is 11.9. The van der Waals surface area contributed by atoms with E-state index in [1.807, 2.05) is 36.6 Å². The zero-order valence-corrected chi connectivity index (χ0v) is 12.7. The molecule has 2 heterocycles. The lowest BCUT2D eigenvalue weighted by atomic mass is 10.2. The molecule has 0 aliphatic carbocycles. The highest BCUT2D eigenvalue weighted by molar-refractivity contribution is 7.14. The molecule has 108 valence electrons. The first kappa shape index (κ1) is 13.8. The van der Waals surface area contributed by atoms with Gasteiger partial charge in [0.05, 0.1) is 12.8 Å². The van der Waals surface area contributed by atoms with Crippen molar-refractivity contribution in [3.63, 3.8) is 0 Å². The topological polar surface area (TPSA) is 54.8 Å². The van der Waals surface area contributed by atoms with Gasteiger partial charge in [0.25, 0.3) is 0 Å². The summed E-state index contributed by atoms with van der Waals surface area (Å²) in [7, 11) is 1.64. The third-order valence-electron chi connectivity index (χ3n) is 3.27. The highest BCUT2D eigenvalue weighted by atomic mass is 32.1.